The van der Waals surface area contributed by atoms with Gasteiger partial charge in [0.25, 0.3) is 5.91 Å². The van der Waals surface area contributed by atoms with Crippen molar-refractivity contribution in [2.45, 2.75) is 13.8 Å². The van der Waals surface area contributed by atoms with E-state index in [2.05, 4.69) is 10.6 Å². The first kappa shape index (κ1) is 24.0. The van der Waals surface area contributed by atoms with Gasteiger partial charge in [0.1, 0.15) is 23.8 Å². The monoisotopic (exact) mass is 496 g/mol. The number of aryl methyl sites for hydroxylation is 1. The number of hydrogen-bond acceptors (Lipinski definition) is 4. The number of imide groups is 1. The third-order valence-corrected chi connectivity index (χ3v) is 5.87. The number of ether oxygens (including phenoxy) is 1. The number of rotatable bonds is 6. The number of nitrogens with zero attached hydrogens (tertiary/aromatic N) is 2. The van der Waals surface area contributed by atoms with E-state index in [9.17, 15) is 18.8 Å². The van der Waals surface area contributed by atoms with E-state index >= 15 is 0 Å². The summed E-state index contributed by atoms with van der Waals surface area (Å²) < 4.78 is 20.6. The summed E-state index contributed by atoms with van der Waals surface area (Å²) in [6.07, 6.45) is 1.54. The van der Waals surface area contributed by atoms with Crippen LogP contribution < -0.4 is 15.4 Å². The van der Waals surface area contributed by atoms with E-state index < -0.39 is 30.2 Å². The lowest BCUT2D eigenvalue weighted by Crippen LogP contribution is -2.38. The van der Waals surface area contributed by atoms with Crippen molar-refractivity contribution in [1.82, 2.24) is 14.8 Å². The van der Waals surface area contributed by atoms with E-state index in [1.807, 2.05) is 24.5 Å². The zero-order valence-corrected chi connectivity index (χ0v) is 19.9. The smallest absolute Gasteiger partial charge is 0.329 e. The number of urea groups is 1. The predicted molar refractivity (Wildman–Crippen MR) is 130 cm³/mol. The Kier molecular flexibility index (Phi) is 6.61. The molecule has 1 aromatic heterocycles. The number of nitrogens with one attached hydrogen (secondary N) is 2. The van der Waals surface area contributed by atoms with Crippen molar-refractivity contribution < 1.29 is 23.5 Å². The first-order chi connectivity index (χ1) is 16.7. The summed E-state index contributed by atoms with van der Waals surface area (Å²) in [6.45, 7) is 3.22. The standard InChI is InChI=1S/C25H22ClFN4O4/c1-14-10-16(15(2)31(14)17-8-9-19(27)18(26)12-17)11-21-24(33)30(25(34)29-21)13-23(32)28-20-6-4-5-7-22(20)35-3/h4-12H,13H2,1-3H3,(H,28,32)(H,29,34)/b21-11+. The van der Waals surface area contributed by atoms with Crippen molar-refractivity contribution >= 4 is 41.2 Å². The molecule has 4 amide bonds. The molecule has 8 nitrogen and oxygen atoms in total. The molecule has 0 radical (unpaired) electrons. The molecule has 3 aromatic rings. The van der Waals surface area contributed by atoms with Gasteiger partial charge < -0.3 is 19.9 Å². The lowest BCUT2D eigenvalue weighted by atomic mass is 10.2. The van der Waals surface area contributed by atoms with Crippen molar-refractivity contribution in [3.63, 3.8) is 0 Å². The van der Waals surface area contributed by atoms with Crippen LogP contribution in [0.25, 0.3) is 11.8 Å². The van der Waals surface area contributed by atoms with E-state index in [1.54, 1.807) is 36.4 Å². The molecule has 2 N–H and O–H groups in total. The van der Waals surface area contributed by atoms with Gasteiger partial charge >= 0.3 is 6.03 Å². The SMILES string of the molecule is COc1ccccc1NC(=O)CN1C(=O)N/C(=C/c2cc(C)n(-c3ccc(F)c(Cl)c3)c2C)C1=O. The summed E-state index contributed by atoms with van der Waals surface area (Å²) >= 11 is 5.94. The van der Waals surface area contributed by atoms with E-state index in [0.717, 1.165) is 16.3 Å². The molecule has 0 saturated carbocycles. The fourth-order valence-corrected chi connectivity index (χ4v) is 4.08. The van der Waals surface area contributed by atoms with Crippen molar-refractivity contribution in [2.24, 2.45) is 0 Å². The summed E-state index contributed by atoms with van der Waals surface area (Å²) in [4.78, 5) is 38.7. The van der Waals surface area contributed by atoms with Crippen LogP contribution in [0.3, 0.4) is 0 Å². The molecule has 0 aliphatic carbocycles. The van der Waals surface area contributed by atoms with E-state index in [4.69, 9.17) is 16.3 Å². The summed E-state index contributed by atoms with van der Waals surface area (Å²) in [7, 11) is 1.47. The highest BCUT2D eigenvalue weighted by atomic mass is 35.5. The maximum absolute atomic E-state index is 13.6. The van der Waals surface area contributed by atoms with Crippen LogP contribution in [0.1, 0.15) is 17.0 Å². The van der Waals surface area contributed by atoms with Gasteiger partial charge in [0, 0.05) is 17.1 Å². The number of amides is 4. The molecule has 2 heterocycles. The number of para-hydroxylation sites is 2. The Hall–Kier alpha value is -4.11. The quantitative estimate of drug-likeness (QED) is 0.390. The van der Waals surface area contributed by atoms with Crippen LogP contribution in [0.2, 0.25) is 5.02 Å². The minimum Gasteiger partial charge on any atom is -0.495 e. The molecular weight excluding hydrogens is 475 g/mol. The van der Waals surface area contributed by atoms with Crippen LogP contribution in [0.5, 0.6) is 5.75 Å². The molecule has 1 saturated heterocycles. The lowest BCUT2D eigenvalue weighted by Gasteiger charge is -2.13. The third kappa shape index (κ3) is 4.76. The van der Waals surface area contributed by atoms with E-state index in [-0.39, 0.29) is 10.7 Å². The number of methoxy groups -OCH3 is 1. The summed E-state index contributed by atoms with van der Waals surface area (Å²) in [6, 6.07) is 12.3. The Morgan fingerprint density at radius 1 is 1.17 bits per heavy atom. The topological polar surface area (TPSA) is 92.7 Å². The molecule has 2 aromatic carbocycles. The zero-order valence-electron chi connectivity index (χ0n) is 19.2. The van der Waals surface area contributed by atoms with E-state index in [0.29, 0.717) is 22.7 Å². The lowest BCUT2D eigenvalue weighted by molar-refractivity contribution is -0.127. The Balaban J connectivity index is 1.54. The largest absolute Gasteiger partial charge is 0.495 e. The fourth-order valence-electron chi connectivity index (χ4n) is 3.91. The summed E-state index contributed by atoms with van der Waals surface area (Å²) in [5.74, 6) is -1.24. The molecule has 0 bridgehead atoms. The number of carbonyl (C=O) groups excluding carboxylic acids is 3. The third-order valence-electron chi connectivity index (χ3n) is 5.58. The fraction of sp³-hybridized carbons (Fsp3) is 0.160. The second-order valence-corrected chi connectivity index (χ2v) is 8.30. The maximum atomic E-state index is 13.6. The van der Waals surface area contributed by atoms with Crippen molar-refractivity contribution in [3.05, 3.63) is 82.0 Å². The molecule has 1 aliphatic heterocycles. The number of aromatic nitrogens is 1. The molecule has 10 heteroatoms. The predicted octanol–water partition coefficient (Wildman–Crippen LogP) is 4.43. The first-order valence-corrected chi connectivity index (χ1v) is 11.0. The summed E-state index contributed by atoms with van der Waals surface area (Å²) in [5.41, 5.74) is 3.38. The van der Waals surface area contributed by atoms with Crippen molar-refractivity contribution in [1.29, 1.82) is 0 Å². The Labute approximate surface area is 205 Å². The second kappa shape index (κ2) is 9.63. The van der Waals surface area contributed by atoms with Crippen LogP contribution in [0, 0.1) is 19.7 Å². The molecule has 1 fully saturated rings. The average molecular weight is 497 g/mol. The summed E-state index contributed by atoms with van der Waals surface area (Å²) in [5, 5.41) is 5.16. The molecule has 0 unspecified atom stereocenters. The maximum Gasteiger partial charge on any atom is 0.329 e. The van der Waals surface area contributed by atoms with Gasteiger partial charge in [-0.25, -0.2) is 14.1 Å². The van der Waals surface area contributed by atoms with E-state index in [1.165, 1.54) is 19.2 Å². The minimum atomic E-state index is -0.699. The Morgan fingerprint density at radius 2 is 1.91 bits per heavy atom. The van der Waals surface area contributed by atoms with Crippen molar-refractivity contribution in [3.8, 4) is 11.4 Å². The highest BCUT2D eigenvalue weighted by molar-refractivity contribution is 6.30. The van der Waals surface area contributed by atoms with Crippen LogP contribution in [-0.2, 0) is 9.59 Å². The van der Waals surface area contributed by atoms with Crippen LogP contribution >= 0.6 is 11.6 Å². The van der Waals surface area contributed by atoms with Gasteiger partial charge in [-0.1, -0.05) is 23.7 Å². The molecule has 0 spiro atoms. The average Bonchev–Trinajstić information content (AvgIpc) is 3.25. The van der Waals surface area contributed by atoms with Crippen LogP contribution in [0.15, 0.2) is 54.2 Å². The van der Waals surface area contributed by atoms with Gasteiger partial charge in [0.2, 0.25) is 5.91 Å². The molecule has 4 rings (SSSR count). The highest BCUT2D eigenvalue weighted by Crippen LogP contribution is 2.27. The van der Waals surface area contributed by atoms with Gasteiger partial charge in [-0.2, -0.15) is 0 Å². The normalized spacial score (nSPS) is 14.4. The van der Waals surface area contributed by atoms with Gasteiger partial charge in [0.15, 0.2) is 0 Å². The molecular formula is C25H22ClFN4O4. The molecule has 1 aliphatic rings. The zero-order chi connectivity index (χ0) is 25.3. The van der Waals surface area contributed by atoms with Crippen LogP contribution in [0.4, 0.5) is 14.9 Å². The number of anilines is 1. The highest BCUT2D eigenvalue weighted by Gasteiger charge is 2.35. The molecule has 35 heavy (non-hydrogen) atoms. The second-order valence-electron chi connectivity index (χ2n) is 7.89. The van der Waals surface area contributed by atoms with Crippen molar-refractivity contribution in [2.75, 3.05) is 19.0 Å². The van der Waals surface area contributed by atoms with Gasteiger partial charge in [-0.05, 0) is 61.9 Å². The number of carbonyl (C=O) groups is 3. The number of benzene rings is 2. The van der Waals surface area contributed by atoms with Crippen LogP contribution in [-0.4, -0.2) is 41.0 Å². The Bertz CT molecular complexity index is 1380. The van der Waals surface area contributed by atoms with Gasteiger partial charge in [0.05, 0.1) is 17.8 Å². The number of halogens is 2. The minimum absolute atomic E-state index is 0.00446. The number of hydrogen-bond donors (Lipinski definition) is 2. The molecule has 180 valence electrons. The van der Waals surface area contributed by atoms with Gasteiger partial charge in [-0.3, -0.25) is 9.59 Å². The van der Waals surface area contributed by atoms with Gasteiger partial charge in [-0.15, -0.1) is 0 Å². The Morgan fingerprint density at radius 3 is 2.63 bits per heavy atom. The first-order valence-electron chi connectivity index (χ1n) is 10.6. The molecule has 0 atom stereocenters.